The van der Waals surface area contributed by atoms with E-state index in [1.165, 1.54) is 31.5 Å². The minimum absolute atomic E-state index is 0.316. The second kappa shape index (κ2) is 6.19. The molecular formula is C15H23IN-. The Morgan fingerprint density at radius 3 is 2.18 bits per heavy atom. The van der Waals surface area contributed by atoms with Gasteiger partial charge in [-0.3, -0.25) is 0 Å². The van der Waals surface area contributed by atoms with Crippen LogP contribution in [0.5, 0.6) is 0 Å². The summed E-state index contributed by atoms with van der Waals surface area (Å²) in [5, 5.41) is 0. The molecule has 1 fully saturated rings. The number of hydrogen-bond acceptors (Lipinski definition) is 1. The molecule has 1 nitrogen and oxygen atoms in total. The van der Waals surface area contributed by atoms with Gasteiger partial charge in [-0.1, -0.05) is 0 Å². The van der Waals surface area contributed by atoms with Crippen LogP contribution in [-0.2, 0) is 0 Å². The summed E-state index contributed by atoms with van der Waals surface area (Å²) in [6, 6.07) is 9.35. The molecule has 17 heavy (non-hydrogen) atoms. The van der Waals surface area contributed by atoms with E-state index in [-0.39, 0.29) is 0 Å². The molecule has 96 valence electrons. The summed E-state index contributed by atoms with van der Waals surface area (Å²) in [6.45, 7) is 7.16. The second-order valence-corrected chi connectivity index (χ2v) is 7.50. The molecule has 1 heterocycles. The van der Waals surface area contributed by atoms with E-state index in [2.05, 4.69) is 46.2 Å². The Labute approximate surface area is 116 Å². The van der Waals surface area contributed by atoms with Gasteiger partial charge in [0.05, 0.1) is 0 Å². The van der Waals surface area contributed by atoms with Crippen molar-refractivity contribution in [3.63, 3.8) is 0 Å². The van der Waals surface area contributed by atoms with E-state index in [0.717, 1.165) is 5.92 Å². The third-order valence-electron chi connectivity index (χ3n) is 3.75. The fourth-order valence-corrected chi connectivity index (χ4v) is 4.03. The van der Waals surface area contributed by atoms with Gasteiger partial charge in [0.25, 0.3) is 0 Å². The molecule has 0 amide bonds. The van der Waals surface area contributed by atoms with Gasteiger partial charge in [-0.05, 0) is 0 Å². The molecular weight excluding hydrogens is 321 g/mol. The molecule has 1 saturated heterocycles. The quantitative estimate of drug-likeness (QED) is 0.442. The normalized spacial score (nSPS) is 19.1. The maximum atomic E-state index is 2.66. The van der Waals surface area contributed by atoms with Gasteiger partial charge in [-0.15, -0.1) is 0 Å². The number of piperidine rings is 1. The molecule has 0 radical (unpaired) electrons. The molecule has 0 aliphatic carbocycles. The Hall–Kier alpha value is -0.0900. The number of rotatable bonds is 3. The molecule has 1 aliphatic heterocycles. The molecule has 1 aromatic carbocycles. The molecule has 0 atom stereocenters. The Bertz CT molecular complexity index is 336. The third kappa shape index (κ3) is 3.44. The molecule has 1 aromatic rings. The summed E-state index contributed by atoms with van der Waals surface area (Å²) in [6.07, 6.45) is 2.71. The number of hydrogen-bond donors (Lipinski definition) is 0. The van der Waals surface area contributed by atoms with Crippen LogP contribution in [0.25, 0.3) is 0 Å². The zero-order valence-corrected chi connectivity index (χ0v) is 13.3. The SMILES string of the molecule is C[I-]N1CCC(c2ccc(C(C)C)cc2)CC1. The van der Waals surface area contributed by atoms with Gasteiger partial charge >= 0.3 is 117 Å². The van der Waals surface area contributed by atoms with Crippen LogP contribution in [-0.4, -0.2) is 21.1 Å². The maximum absolute atomic E-state index is 2.66. The van der Waals surface area contributed by atoms with E-state index in [1.807, 2.05) is 0 Å². The number of nitrogens with zero attached hydrogens (tertiary/aromatic N) is 1. The van der Waals surface area contributed by atoms with Crippen molar-refractivity contribution in [3.05, 3.63) is 35.4 Å². The first kappa shape index (κ1) is 13.3. The zero-order chi connectivity index (χ0) is 12.3. The van der Waals surface area contributed by atoms with E-state index in [4.69, 9.17) is 0 Å². The summed E-state index contributed by atoms with van der Waals surface area (Å²) in [5.74, 6) is 1.46. The van der Waals surface area contributed by atoms with E-state index in [0.29, 0.717) is 27.4 Å². The first-order valence-corrected chi connectivity index (χ1v) is 9.67. The average molecular weight is 344 g/mol. The number of halogens is 1. The molecule has 2 rings (SSSR count). The van der Waals surface area contributed by atoms with Crippen LogP contribution in [0.15, 0.2) is 24.3 Å². The van der Waals surface area contributed by atoms with E-state index >= 15 is 0 Å². The van der Waals surface area contributed by atoms with Gasteiger partial charge in [0.2, 0.25) is 0 Å². The van der Waals surface area contributed by atoms with Crippen LogP contribution in [0.4, 0.5) is 0 Å². The molecule has 0 N–H and O–H groups in total. The van der Waals surface area contributed by atoms with Gasteiger partial charge in [0.1, 0.15) is 0 Å². The minimum atomic E-state index is 0.316. The van der Waals surface area contributed by atoms with Crippen molar-refractivity contribution in [2.24, 2.45) is 0 Å². The standard InChI is InChI=1S/C15H23IN/c1-12(2)13-4-6-14(7-5-13)15-8-10-17(16-3)11-9-15/h4-7,12,15H,8-11H2,1-3H3/q-1. The van der Waals surface area contributed by atoms with Crippen molar-refractivity contribution in [1.29, 1.82) is 0 Å². The van der Waals surface area contributed by atoms with Crippen molar-refractivity contribution >= 4 is 0 Å². The molecule has 0 spiro atoms. The van der Waals surface area contributed by atoms with Gasteiger partial charge in [-0.2, -0.15) is 0 Å². The Morgan fingerprint density at radius 2 is 1.71 bits per heavy atom. The fraction of sp³-hybridized carbons (Fsp3) is 0.600. The van der Waals surface area contributed by atoms with E-state index in [1.54, 1.807) is 5.56 Å². The van der Waals surface area contributed by atoms with Gasteiger partial charge in [-0.25, -0.2) is 0 Å². The Kier molecular flexibility index (Phi) is 4.86. The van der Waals surface area contributed by atoms with Crippen LogP contribution < -0.4 is 21.5 Å². The van der Waals surface area contributed by atoms with Crippen LogP contribution in [0.3, 0.4) is 0 Å². The monoisotopic (exact) mass is 344 g/mol. The predicted molar refractivity (Wildman–Crippen MR) is 70.0 cm³/mol. The Balaban J connectivity index is 1.99. The first-order valence-electron chi connectivity index (χ1n) is 6.55. The van der Waals surface area contributed by atoms with Crippen molar-refractivity contribution in [2.45, 2.75) is 38.5 Å². The second-order valence-electron chi connectivity index (χ2n) is 5.17. The van der Waals surface area contributed by atoms with Crippen LogP contribution in [0, 0.1) is 0 Å². The molecule has 2 heteroatoms. The van der Waals surface area contributed by atoms with Crippen LogP contribution in [0.2, 0.25) is 0 Å². The van der Waals surface area contributed by atoms with Crippen molar-refractivity contribution in [1.82, 2.24) is 3.11 Å². The summed E-state index contributed by atoms with van der Waals surface area (Å²) in [4.78, 5) is 2.37. The zero-order valence-electron chi connectivity index (χ0n) is 11.1. The van der Waals surface area contributed by atoms with Crippen LogP contribution in [0.1, 0.15) is 49.7 Å². The summed E-state index contributed by atoms with van der Waals surface area (Å²) in [7, 11) is 0. The molecule has 1 aliphatic rings. The first-order chi connectivity index (χ1) is 8.20. The van der Waals surface area contributed by atoms with Crippen molar-refractivity contribution < 1.29 is 21.5 Å². The van der Waals surface area contributed by atoms with E-state index in [9.17, 15) is 0 Å². The van der Waals surface area contributed by atoms with Crippen molar-refractivity contribution in [3.8, 4) is 0 Å². The number of benzene rings is 1. The summed E-state index contributed by atoms with van der Waals surface area (Å²) < 4.78 is 2.66. The fourth-order valence-electron chi connectivity index (χ4n) is 2.50. The van der Waals surface area contributed by atoms with Crippen molar-refractivity contribution in [2.75, 3.05) is 18.0 Å². The number of alkyl halides is 1. The van der Waals surface area contributed by atoms with Crippen LogP contribution >= 0.6 is 0 Å². The summed E-state index contributed by atoms with van der Waals surface area (Å²) >= 11 is 0.316. The van der Waals surface area contributed by atoms with Gasteiger partial charge in [0, 0.05) is 0 Å². The predicted octanol–water partition coefficient (Wildman–Crippen LogP) is 0.623. The average Bonchev–Trinajstić information content (AvgIpc) is 2.39. The molecule has 0 saturated carbocycles. The molecule has 0 aromatic heterocycles. The third-order valence-corrected chi connectivity index (χ3v) is 6.08. The molecule has 0 bridgehead atoms. The Morgan fingerprint density at radius 1 is 1.12 bits per heavy atom. The van der Waals surface area contributed by atoms with E-state index < -0.39 is 0 Å². The molecule has 0 unspecified atom stereocenters. The van der Waals surface area contributed by atoms with Gasteiger partial charge < -0.3 is 0 Å². The summed E-state index contributed by atoms with van der Waals surface area (Å²) in [5.41, 5.74) is 3.02. The topological polar surface area (TPSA) is 3.24 Å². The van der Waals surface area contributed by atoms with Gasteiger partial charge in [0.15, 0.2) is 0 Å².